The molecule has 0 saturated carbocycles. The number of anilines is 2. The first-order valence-corrected chi connectivity index (χ1v) is 11.3. The number of hydrogen-bond donors (Lipinski definition) is 2. The van der Waals surface area contributed by atoms with E-state index >= 15 is 0 Å². The molecule has 2 N–H and O–H groups in total. The summed E-state index contributed by atoms with van der Waals surface area (Å²) >= 11 is 1.54. The zero-order valence-corrected chi connectivity index (χ0v) is 16.4. The van der Waals surface area contributed by atoms with Gasteiger partial charge in [0.05, 0.1) is 11.4 Å². The van der Waals surface area contributed by atoms with Gasteiger partial charge in [-0.3, -0.25) is 14.8 Å². The molecule has 1 amide bonds. The fourth-order valence-corrected chi connectivity index (χ4v) is 5.15. The summed E-state index contributed by atoms with van der Waals surface area (Å²) in [6.07, 6.45) is 6.07. The zero-order chi connectivity index (χ0) is 18.6. The maximum absolute atomic E-state index is 12.5. The van der Waals surface area contributed by atoms with Gasteiger partial charge in [-0.1, -0.05) is 19.4 Å². The van der Waals surface area contributed by atoms with E-state index in [9.17, 15) is 13.2 Å². The normalized spacial score (nSPS) is 14.3. The van der Waals surface area contributed by atoms with Gasteiger partial charge in [0.25, 0.3) is 5.91 Å². The van der Waals surface area contributed by atoms with Crippen LogP contribution in [0.5, 0.6) is 0 Å². The minimum Gasteiger partial charge on any atom is -0.298 e. The maximum Gasteiger partial charge on any atom is 0.257 e. The number of rotatable bonds is 6. The van der Waals surface area contributed by atoms with Gasteiger partial charge in [-0.15, -0.1) is 11.3 Å². The summed E-state index contributed by atoms with van der Waals surface area (Å²) in [6.45, 7) is 1.80. The van der Waals surface area contributed by atoms with E-state index < -0.39 is 10.0 Å². The van der Waals surface area contributed by atoms with Crippen molar-refractivity contribution in [2.75, 3.05) is 15.8 Å². The van der Waals surface area contributed by atoms with Gasteiger partial charge >= 0.3 is 0 Å². The Bertz CT molecular complexity index is 867. The summed E-state index contributed by atoms with van der Waals surface area (Å²) in [5.41, 5.74) is 1.89. The van der Waals surface area contributed by atoms with Crippen molar-refractivity contribution < 1.29 is 13.2 Å². The third-order valence-corrected chi connectivity index (χ3v) is 6.75. The van der Waals surface area contributed by atoms with Gasteiger partial charge in [-0.05, 0) is 50.3 Å². The number of aromatic nitrogens is 1. The van der Waals surface area contributed by atoms with Crippen LogP contribution in [0.1, 0.15) is 53.5 Å². The number of aryl methyl sites for hydroxylation is 2. The van der Waals surface area contributed by atoms with Crippen LogP contribution in [-0.2, 0) is 22.9 Å². The molecule has 1 heterocycles. The minimum absolute atomic E-state index is 0.0497. The molecule has 0 fully saturated rings. The molecule has 1 aliphatic carbocycles. The average molecular weight is 394 g/mol. The van der Waals surface area contributed by atoms with E-state index in [0.29, 0.717) is 22.8 Å². The zero-order valence-electron chi connectivity index (χ0n) is 14.7. The number of sulfonamides is 1. The number of nitrogens with one attached hydrogen (secondary N) is 2. The van der Waals surface area contributed by atoms with Crippen molar-refractivity contribution in [3.8, 4) is 0 Å². The second-order valence-electron chi connectivity index (χ2n) is 6.41. The molecule has 140 valence electrons. The van der Waals surface area contributed by atoms with Crippen LogP contribution in [0.15, 0.2) is 24.3 Å². The Hall–Kier alpha value is -1.93. The second-order valence-corrected chi connectivity index (χ2v) is 9.33. The van der Waals surface area contributed by atoms with Gasteiger partial charge in [-0.25, -0.2) is 13.4 Å². The van der Waals surface area contributed by atoms with Gasteiger partial charge < -0.3 is 0 Å². The standard InChI is InChI=1S/C18H23N3O3S2/c1-2-11-26(23,24)21-14-8-6-7-13(12-14)17(22)20-18-19-15-9-4-3-5-10-16(15)25-18/h6-8,12,21H,2-5,9-11H2,1H3,(H,19,20,22). The SMILES string of the molecule is CCCS(=O)(=O)Nc1cccc(C(=O)Nc2nc3c(s2)CCCCC3)c1. The van der Waals surface area contributed by atoms with E-state index in [4.69, 9.17) is 0 Å². The Labute approximate surface area is 158 Å². The number of thiazole rings is 1. The molecule has 3 rings (SSSR count). The van der Waals surface area contributed by atoms with E-state index in [0.717, 1.165) is 25.0 Å². The van der Waals surface area contributed by atoms with Crippen molar-refractivity contribution in [3.05, 3.63) is 40.4 Å². The molecule has 0 aliphatic heterocycles. The van der Waals surface area contributed by atoms with Crippen LogP contribution in [0.3, 0.4) is 0 Å². The highest BCUT2D eigenvalue weighted by Gasteiger charge is 2.16. The molecule has 2 aromatic rings. The summed E-state index contributed by atoms with van der Waals surface area (Å²) in [6, 6.07) is 6.50. The van der Waals surface area contributed by atoms with Crippen LogP contribution in [0.25, 0.3) is 0 Å². The summed E-state index contributed by atoms with van der Waals surface area (Å²) in [5, 5.41) is 3.45. The smallest absolute Gasteiger partial charge is 0.257 e. The number of benzene rings is 1. The van der Waals surface area contributed by atoms with E-state index in [1.54, 1.807) is 31.2 Å². The van der Waals surface area contributed by atoms with Gasteiger partial charge in [-0.2, -0.15) is 0 Å². The summed E-state index contributed by atoms with van der Waals surface area (Å²) in [7, 11) is -3.38. The topological polar surface area (TPSA) is 88.2 Å². The first-order valence-electron chi connectivity index (χ1n) is 8.87. The highest BCUT2D eigenvalue weighted by atomic mass is 32.2. The van der Waals surface area contributed by atoms with Crippen molar-refractivity contribution in [3.63, 3.8) is 0 Å². The average Bonchev–Trinajstić information content (AvgIpc) is 2.83. The molecule has 1 aromatic heterocycles. The quantitative estimate of drug-likeness (QED) is 0.730. The van der Waals surface area contributed by atoms with Gasteiger partial charge in [0.2, 0.25) is 10.0 Å². The molecule has 6 nitrogen and oxygen atoms in total. The molecule has 0 atom stereocenters. The molecule has 0 unspecified atom stereocenters. The number of nitrogens with zero attached hydrogens (tertiary/aromatic N) is 1. The molecular weight excluding hydrogens is 370 g/mol. The number of hydrogen-bond acceptors (Lipinski definition) is 5. The van der Waals surface area contributed by atoms with Crippen LogP contribution in [0.4, 0.5) is 10.8 Å². The molecule has 0 saturated heterocycles. The Balaban J connectivity index is 1.71. The van der Waals surface area contributed by atoms with E-state index in [1.165, 1.54) is 29.1 Å². The van der Waals surface area contributed by atoms with Crippen molar-refractivity contribution in [2.24, 2.45) is 0 Å². The summed E-state index contributed by atoms with van der Waals surface area (Å²) in [4.78, 5) is 18.3. The molecule has 1 aliphatic rings. The molecular formula is C18H23N3O3S2. The van der Waals surface area contributed by atoms with Crippen LogP contribution < -0.4 is 10.0 Å². The lowest BCUT2D eigenvalue weighted by Crippen LogP contribution is -2.17. The number of carbonyl (C=O) groups is 1. The molecule has 8 heteroatoms. The highest BCUT2D eigenvalue weighted by Crippen LogP contribution is 2.29. The first kappa shape index (κ1) is 18.8. The van der Waals surface area contributed by atoms with E-state index in [2.05, 4.69) is 15.0 Å². The summed E-state index contributed by atoms with van der Waals surface area (Å²) in [5.74, 6) is -0.237. The molecule has 0 radical (unpaired) electrons. The lowest BCUT2D eigenvalue weighted by molar-refractivity contribution is 0.102. The molecule has 0 bridgehead atoms. The predicted octanol–water partition coefficient (Wildman–Crippen LogP) is 3.82. The van der Waals surface area contributed by atoms with Gasteiger partial charge in [0.15, 0.2) is 5.13 Å². The van der Waals surface area contributed by atoms with Crippen LogP contribution in [0.2, 0.25) is 0 Å². The Kier molecular flexibility index (Phi) is 5.93. The van der Waals surface area contributed by atoms with Crippen LogP contribution in [0, 0.1) is 0 Å². The third-order valence-electron chi connectivity index (χ3n) is 4.19. The largest absolute Gasteiger partial charge is 0.298 e. The van der Waals surface area contributed by atoms with Crippen molar-refractivity contribution in [1.82, 2.24) is 4.98 Å². The van der Waals surface area contributed by atoms with Crippen molar-refractivity contribution >= 4 is 38.1 Å². The molecule has 26 heavy (non-hydrogen) atoms. The number of carbonyl (C=O) groups excluding carboxylic acids is 1. The Morgan fingerprint density at radius 3 is 2.85 bits per heavy atom. The van der Waals surface area contributed by atoms with Crippen molar-refractivity contribution in [1.29, 1.82) is 0 Å². The molecule has 1 aromatic carbocycles. The van der Waals surface area contributed by atoms with Crippen LogP contribution >= 0.6 is 11.3 Å². The fourth-order valence-electron chi connectivity index (χ4n) is 2.97. The monoisotopic (exact) mass is 393 g/mol. The molecule has 0 spiro atoms. The number of amides is 1. The van der Waals surface area contributed by atoms with E-state index in [1.807, 2.05) is 0 Å². The van der Waals surface area contributed by atoms with Gasteiger partial charge in [0.1, 0.15) is 0 Å². The third kappa shape index (κ3) is 4.82. The lowest BCUT2D eigenvalue weighted by atomic mass is 10.2. The maximum atomic E-state index is 12.5. The Morgan fingerprint density at radius 2 is 2.04 bits per heavy atom. The second kappa shape index (κ2) is 8.18. The fraction of sp³-hybridized carbons (Fsp3) is 0.444. The Morgan fingerprint density at radius 1 is 1.23 bits per heavy atom. The highest BCUT2D eigenvalue weighted by molar-refractivity contribution is 7.92. The predicted molar refractivity (Wildman–Crippen MR) is 105 cm³/mol. The van der Waals surface area contributed by atoms with Crippen molar-refractivity contribution in [2.45, 2.75) is 45.4 Å². The van der Waals surface area contributed by atoms with E-state index in [-0.39, 0.29) is 11.7 Å². The number of fused-ring (bicyclic) bond motifs is 1. The first-order chi connectivity index (χ1) is 12.5. The van der Waals surface area contributed by atoms with Crippen LogP contribution in [-0.4, -0.2) is 25.1 Å². The lowest BCUT2D eigenvalue weighted by Gasteiger charge is -2.08. The minimum atomic E-state index is -3.38. The summed E-state index contributed by atoms with van der Waals surface area (Å²) < 4.78 is 26.3. The van der Waals surface area contributed by atoms with Gasteiger partial charge in [0, 0.05) is 16.1 Å².